The third-order valence-corrected chi connectivity index (χ3v) is 7.16. The molecule has 2 amide bonds. The average Bonchev–Trinajstić information content (AvgIpc) is 3.74. The van der Waals surface area contributed by atoms with E-state index in [1.165, 1.54) is 31.4 Å². The number of aliphatic imine (C=N–C) groups is 1. The third-order valence-electron chi connectivity index (χ3n) is 7.16. The lowest BCUT2D eigenvalue weighted by Gasteiger charge is -2.25. The number of nitrogens with zero attached hydrogens (tertiary/aromatic N) is 1. The fourth-order valence-electron chi connectivity index (χ4n) is 4.87. The Bertz CT molecular complexity index is 1390. The van der Waals surface area contributed by atoms with Crippen LogP contribution in [0.1, 0.15) is 48.8 Å². The fraction of sp³-hybridized carbons (Fsp3) is 0.429. The topological polar surface area (TPSA) is 117 Å². The lowest BCUT2D eigenvalue weighted by Crippen LogP contribution is -2.47. The summed E-state index contributed by atoms with van der Waals surface area (Å²) in [5, 5.41) is 14.6. The predicted octanol–water partition coefficient (Wildman–Crippen LogP) is 5.41. The average molecular weight is 600 g/mol. The van der Waals surface area contributed by atoms with Crippen LogP contribution >= 0.6 is 0 Å². The van der Waals surface area contributed by atoms with Gasteiger partial charge in [-0.3, -0.25) is 14.4 Å². The molecule has 1 saturated carbocycles. The van der Waals surface area contributed by atoms with Crippen LogP contribution in [0.5, 0.6) is 5.75 Å². The number of carbonyl (C=O) groups is 3. The number of benzene rings is 2. The van der Waals surface area contributed by atoms with Crippen LogP contribution in [0.4, 0.5) is 32.0 Å². The monoisotopic (exact) mass is 599 g/mol. The molecule has 0 radical (unpaired) electrons. The van der Waals surface area contributed by atoms with Gasteiger partial charge in [0.2, 0.25) is 12.1 Å². The smallest absolute Gasteiger partial charge is 0.416 e. The molecule has 2 aromatic rings. The molecular formula is C28H27F6N3O5. The van der Waals surface area contributed by atoms with E-state index in [9.17, 15) is 45.8 Å². The molecule has 1 aliphatic heterocycles. The highest BCUT2D eigenvalue weighted by Crippen LogP contribution is 2.40. The number of hydrogen-bond donors (Lipinski definition) is 3. The first-order valence-electron chi connectivity index (χ1n) is 13.0. The Morgan fingerprint density at radius 2 is 1.79 bits per heavy atom. The molecule has 8 nitrogen and oxygen atoms in total. The second kappa shape index (κ2) is 12.0. The fourth-order valence-corrected chi connectivity index (χ4v) is 4.87. The van der Waals surface area contributed by atoms with Crippen LogP contribution in [0.2, 0.25) is 0 Å². The molecule has 0 spiro atoms. The van der Waals surface area contributed by atoms with Crippen molar-refractivity contribution < 1.29 is 50.6 Å². The summed E-state index contributed by atoms with van der Waals surface area (Å²) < 4.78 is 85.2. The molecular weight excluding hydrogens is 572 g/mol. The number of benzodiazepines with no additional fused rings is 1. The number of fused-ring (bicyclic) bond motifs is 1. The van der Waals surface area contributed by atoms with Gasteiger partial charge in [-0.05, 0) is 37.0 Å². The Kier molecular flexibility index (Phi) is 8.83. The molecule has 2 aromatic carbocycles. The molecule has 3 N–H and O–H groups in total. The summed E-state index contributed by atoms with van der Waals surface area (Å²) >= 11 is 0. The summed E-state index contributed by atoms with van der Waals surface area (Å²) in [6, 6.07) is 8.54. The minimum absolute atomic E-state index is 0.0104. The van der Waals surface area contributed by atoms with Gasteiger partial charge in [0, 0.05) is 17.5 Å². The first kappa shape index (κ1) is 30.8. The van der Waals surface area contributed by atoms with Crippen LogP contribution < -0.4 is 15.4 Å². The summed E-state index contributed by atoms with van der Waals surface area (Å²) in [7, 11) is 1.30. The lowest BCUT2D eigenvalue weighted by molar-refractivity contribution is -0.154. The maximum Gasteiger partial charge on any atom is 0.416 e. The summed E-state index contributed by atoms with van der Waals surface area (Å²) in [4.78, 5) is 42.9. The van der Waals surface area contributed by atoms with E-state index >= 15 is 0 Å². The Balaban J connectivity index is 1.75. The zero-order valence-electron chi connectivity index (χ0n) is 22.2. The molecule has 3 atom stereocenters. The third kappa shape index (κ3) is 7.39. The van der Waals surface area contributed by atoms with E-state index in [2.05, 4.69) is 15.6 Å². The molecule has 1 fully saturated rings. The maximum atomic E-state index is 13.5. The number of carboxylic acids is 1. The van der Waals surface area contributed by atoms with Crippen LogP contribution in [0, 0.1) is 17.8 Å². The van der Waals surface area contributed by atoms with Crippen LogP contribution in [-0.2, 0) is 20.6 Å². The van der Waals surface area contributed by atoms with Gasteiger partial charge in [0.15, 0.2) is 0 Å². The number of alkyl halides is 6. The number of halogens is 6. The lowest BCUT2D eigenvalue weighted by atomic mass is 9.83. The van der Waals surface area contributed by atoms with Crippen molar-refractivity contribution in [2.75, 3.05) is 12.4 Å². The van der Waals surface area contributed by atoms with Crippen molar-refractivity contribution in [2.45, 2.75) is 50.6 Å². The number of amides is 2. The first-order chi connectivity index (χ1) is 19.7. The Morgan fingerprint density at radius 1 is 1.10 bits per heavy atom. The van der Waals surface area contributed by atoms with Crippen LogP contribution in [-0.4, -0.2) is 48.1 Å². The second-order valence-corrected chi connectivity index (χ2v) is 10.2. The Labute approximate surface area is 236 Å². The van der Waals surface area contributed by atoms with Crippen molar-refractivity contribution in [3.05, 3.63) is 59.2 Å². The van der Waals surface area contributed by atoms with Crippen molar-refractivity contribution in [3.63, 3.8) is 0 Å². The highest BCUT2D eigenvalue weighted by molar-refractivity contribution is 6.20. The van der Waals surface area contributed by atoms with Gasteiger partial charge in [-0.25, -0.2) is 4.99 Å². The van der Waals surface area contributed by atoms with Crippen molar-refractivity contribution in [1.82, 2.24) is 5.32 Å². The molecule has 0 bridgehead atoms. The molecule has 226 valence electrons. The number of nitrogens with one attached hydrogen (secondary N) is 2. The summed E-state index contributed by atoms with van der Waals surface area (Å²) in [6.45, 7) is 0. The maximum absolute atomic E-state index is 13.5. The van der Waals surface area contributed by atoms with E-state index in [1.54, 1.807) is 0 Å². The molecule has 1 heterocycles. The van der Waals surface area contributed by atoms with Gasteiger partial charge in [-0.15, -0.1) is 0 Å². The van der Waals surface area contributed by atoms with E-state index < -0.39 is 66.5 Å². The molecule has 0 saturated heterocycles. The van der Waals surface area contributed by atoms with E-state index in [4.69, 9.17) is 4.74 Å². The summed E-state index contributed by atoms with van der Waals surface area (Å²) in [5.41, 5.74) is -1.01. The van der Waals surface area contributed by atoms with Gasteiger partial charge >= 0.3 is 18.3 Å². The zero-order chi connectivity index (χ0) is 30.8. The van der Waals surface area contributed by atoms with Crippen LogP contribution in [0.25, 0.3) is 0 Å². The van der Waals surface area contributed by atoms with Gasteiger partial charge in [0.1, 0.15) is 5.75 Å². The number of para-hydroxylation sites is 1. The van der Waals surface area contributed by atoms with Crippen molar-refractivity contribution >= 4 is 29.2 Å². The van der Waals surface area contributed by atoms with Crippen molar-refractivity contribution in [3.8, 4) is 5.75 Å². The number of methoxy groups -OCH3 is 1. The first-order valence-corrected chi connectivity index (χ1v) is 13.0. The number of ether oxygens (including phenoxy) is 1. The number of hydrogen-bond acceptors (Lipinski definition) is 5. The number of carboxylic acid groups (broad SMARTS) is 1. The quantitative estimate of drug-likeness (QED) is 0.316. The summed E-state index contributed by atoms with van der Waals surface area (Å²) in [6.07, 6.45) is -12.1. The molecule has 0 aromatic heterocycles. The minimum atomic E-state index is -4.71. The highest BCUT2D eigenvalue weighted by Gasteiger charge is 2.42. The van der Waals surface area contributed by atoms with Gasteiger partial charge in [0.25, 0.3) is 5.91 Å². The number of carbonyl (C=O) groups excluding carboxylic acids is 2. The largest absolute Gasteiger partial charge is 0.495 e. The van der Waals surface area contributed by atoms with Gasteiger partial charge in [0.05, 0.1) is 35.9 Å². The van der Waals surface area contributed by atoms with Gasteiger partial charge in [-0.1, -0.05) is 37.1 Å². The molecule has 2 aliphatic rings. The molecule has 42 heavy (non-hydrogen) atoms. The molecule has 1 unspecified atom stereocenters. The molecule has 1 aliphatic carbocycles. The van der Waals surface area contributed by atoms with E-state index in [0.29, 0.717) is 12.8 Å². The second-order valence-electron chi connectivity index (χ2n) is 10.2. The number of aliphatic carboxylic acids is 1. The van der Waals surface area contributed by atoms with Gasteiger partial charge in [-0.2, -0.15) is 26.3 Å². The molecule has 14 heteroatoms. The SMILES string of the molecule is COc1cccc2c1NC(=O)C(NC(=O)[C@H](CCC(F)(F)F)[C@H](CC1CC1)C(=O)O)N=C2c1cccc(C(F)(F)F)c1. The standard InChI is InChI=1S/C28H27F6N3O5/c1-42-20-7-3-6-18-21(15-4-2-5-16(13-15)28(32,33)34)35-23(25(39)36-22(18)20)37-24(38)17(10-11-27(29,30)31)19(26(40)41)12-14-8-9-14/h2-7,13-14,17,19,23H,8-12H2,1H3,(H,36,39)(H,37,38)(H,40,41)/t17-,19+,23?/m1/s1. The Morgan fingerprint density at radius 3 is 2.38 bits per heavy atom. The van der Waals surface area contributed by atoms with Crippen molar-refractivity contribution in [1.29, 1.82) is 0 Å². The zero-order valence-corrected chi connectivity index (χ0v) is 22.2. The van der Waals surface area contributed by atoms with E-state index in [1.807, 2.05) is 0 Å². The van der Waals surface area contributed by atoms with Crippen LogP contribution in [0.3, 0.4) is 0 Å². The van der Waals surface area contributed by atoms with E-state index in [-0.39, 0.29) is 40.6 Å². The normalized spacial score (nSPS) is 18.6. The van der Waals surface area contributed by atoms with E-state index in [0.717, 1.165) is 18.2 Å². The van der Waals surface area contributed by atoms with Gasteiger partial charge < -0.3 is 20.5 Å². The predicted molar refractivity (Wildman–Crippen MR) is 138 cm³/mol. The Hall–Kier alpha value is -4.10. The number of anilines is 1. The number of rotatable bonds is 10. The highest BCUT2D eigenvalue weighted by atomic mass is 19.4. The minimum Gasteiger partial charge on any atom is -0.495 e. The van der Waals surface area contributed by atoms with Crippen molar-refractivity contribution in [2.24, 2.45) is 22.7 Å². The summed E-state index contributed by atoms with van der Waals surface area (Å²) in [5.74, 6) is -6.55. The molecule has 4 rings (SSSR count). The van der Waals surface area contributed by atoms with Crippen LogP contribution in [0.15, 0.2) is 47.5 Å².